The second kappa shape index (κ2) is 4.22. The maximum Gasteiger partial charge on any atom is 0.116 e. The van der Waals surface area contributed by atoms with Gasteiger partial charge < -0.3 is 4.74 Å². The van der Waals surface area contributed by atoms with Crippen LogP contribution in [-0.4, -0.2) is 18.9 Å². The highest BCUT2D eigenvalue weighted by Crippen LogP contribution is 2.46. The van der Waals surface area contributed by atoms with Crippen molar-refractivity contribution in [3.63, 3.8) is 0 Å². The Morgan fingerprint density at radius 3 is 2.67 bits per heavy atom. The molecule has 0 heterocycles. The quantitative estimate of drug-likeness (QED) is 0.562. The molecule has 2 heteroatoms. The number of hydrogen-bond acceptors (Lipinski definition) is 1. The van der Waals surface area contributed by atoms with Crippen molar-refractivity contribution in [2.75, 3.05) is 13.2 Å². The van der Waals surface area contributed by atoms with Crippen LogP contribution in [0.4, 0.5) is 4.39 Å². The number of unbranched alkanes of at least 4 members (excludes halogenated alkanes) is 1. The fraction of sp³-hybridized carbons (Fsp3) is 1.00. The minimum Gasteiger partial charge on any atom is -0.381 e. The van der Waals surface area contributed by atoms with E-state index in [2.05, 4.69) is 6.92 Å². The lowest BCUT2D eigenvalue weighted by Crippen LogP contribution is -2.19. The van der Waals surface area contributed by atoms with E-state index >= 15 is 0 Å². The van der Waals surface area contributed by atoms with Crippen LogP contribution in [0.5, 0.6) is 0 Å². The van der Waals surface area contributed by atoms with Crippen molar-refractivity contribution in [1.82, 2.24) is 0 Å². The fourth-order valence-electron chi connectivity index (χ4n) is 1.27. The van der Waals surface area contributed by atoms with Gasteiger partial charge in [-0.3, -0.25) is 0 Å². The minimum atomic E-state index is -0.869. The summed E-state index contributed by atoms with van der Waals surface area (Å²) in [4.78, 5) is 0. The van der Waals surface area contributed by atoms with Crippen LogP contribution in [0.15, 0.2) is 0 Å². The molecule has 1 nitrogen and oxygen atoms in total. The van der Waals surface area contributed by atoms with Gasteiger partial charge in [-0.2, -0.15) is 0 Å². The molecule has 0 amide bonds. The Labute approximate surface area is 74.3 Å². The first-order chi connectivity index (χ1) is 5.69. The Morgan fingerprint density at radius 2 is 2.17 bits per heavy atom. The molecule has 0 aliphatic heterocycles. The summed E-state index contributed by atoms with van der Waals surface area (Å²) in [5.74, 6) is 0.0920. The zero-order valence-corrected chi connectivity index (χ0v) is 8.11. The van der Waals surface area contributed by atoms with Crippen LogP contribution in [0.1, 0.15) is 39.5 Å². The Morgan fingerprint density at radius 1 is 1.50 bits per heavy atom. The van der Waals surface area contributed by atoms with Gasteiger partial charge in [-0.15, -0.1) is 0 Å². The van der Waals surface area contributed by atoms with Crippen molar-refractivity contribution in [2.24, 2.45) is 5.92 Å². The molecule has 0 saturated heterocycles. The van der Waals surface area contributed by atoms with Crippen LogP contribution in [0, 0.1) is 5.92 Å². The molecule has 0 N–H and O–H groups in total. The zero-order chi connectivity index (χ0) is 9.03. The third-order valence-electron chi connectivity index (χ3n) is 2.62. The monoisotopic (exact) mass is 174 g/mol. The van der Waals surface area contributed by atoms with Crippen molar-refractivity contribution in [3.05, 3.63) is 0 Å². The molecule has 12 heavy (non-hydrogen) atoms. The summed E-state index contributed by atoms with van der Waals surface area (Å²) in [7, 11) is 0. The lowest BCUT2D eigenvalue weighted by Gasteiger charge is -2.15. The Balaban J connectivity index is 1.99. The predicted octanol–water partition coefficient (Wildman–Crippen LogP) is 2.94. The second-order valence-corrected chi connectivity index (χ2v) is 3.86. The van der Waals surface area contributed by atoms with E-state index in [0.29, 0.717) is 6.61 Å². The minimum absolute atomic E-state index is 0.0920. The molecule has 0 aromatic rings. The van der Waals surface area contributed by atoms with Gasteiger partial charge in [0.25, 0.3) is 0 Å². The molecule has 1 rings (SSSR count). The maximum atomic E-state index is 13.3. The van der Waals surface area contributed by atoms with E-state index in [1.165, 1.54) is 0 Å². The molecule has 1 fully saturated rings. The molecule has 0 spiro atoms. The van der Waals surface area contributed by atoms with Gasteiger partial charge in [-0.1, -0.05) is 20.3 Å². The number of ether oxygens (including phenoxy) is 1. The van der Waals surface area contributed by atoms with Crippen LogP contribution in [0.25, 0.3) is 0 Å². The van der Waals surface area contributed by atoms with Gasteiger partial charge in [0.15, 0.2) is 0 Å². The van der Waals surface area contributed by atoms with Crippen LogP contribution in [-0.2, 0) is 4.74 Å². The molecule has 0 aromatic heterocycles. The summed E-state index contributed by atoms with van der Waals surface area (Å²) < 4.78 is 18.7. The fourth-order valence-corrected chi connectivity index (χ4v) is 1.27. The van der Waals surface area contributed by atoms with Gasteiger partial charge in [0, 0.05) is 12.5 Å². The highest BCUT2D eigenvalue weighted by Gasteiger charge is 2.47. The highest BCUT2D eigenvalue weighted by atomic mass is 19.1. The lowest BCUT2D eigenvalue weighted by molar-refractivity contribution is 0.0616. The van der Waals surface area contributed by atoms with Gasteiger partial charge in [0.05, 0.1) is 6.61 Å². The third-order valence-corrected chi connectivity index (χ3v) is 2.62. The van der Waals surface area contributed by atoms with Crippen LogP contribution in [0.2, 0.25) is 0 Å². The maximum absolute atomic E-state index is 13.3. The summed E-state index contributed by atoms with van der Waals surface area (Å²) in [5, 5.41) is 0. The zero-order valence-electron chi connectivity index (χ0n) is 8.11. The average molecular weight is 174 g/mol. The molecule has 1 unspecified atom stereocenters. The lowest BCUT2D eigenvalue weighted by atomic mass is 10.1. The van der Waals surface area contributed by atoms with Gasteiger partial charge in [-0.05, 0) is 19.3 Å². The first-order valence-electron chi connectivity index (χ1n) is 4.95. The summed E-state index contributed by atoms with van der Waals surface area (Å²) in [6.45, 7) is 5.46. The third kappa shape index (κ3) is 2.74. The largest absolute Gasteiger partial charge is 0.381 e. The Kier molecular flexibility index (Phi) is 3.51. The smallest absolute Gasteiger partial charge is 0.116 e. The van der Waals surface area contributed by atoms with E-state index < -0.39 is 5.67 Å². The number of rotatable bonds is 6. The van der Waals surface area contributed by atoms with E-state index in [0.717, 1.165) is 32.3 Å². The van der Waals surface area contributed by atoms with Crippen molar-refractivity contribution in [3.8, 4) is 0 Å². The molecule has 0 bridgehead atoms. The summed E-state index contributed by atoms with van der Waals surface area (Å²) in [6, 6.07) is 0. The first-order valence-corrected chi connectivity index (χ1v) is 4.95. The molecule has 1 atom stereocenters. The van der Waals surface area contributed by atoms with Gasteiger partial charge in [0.1, 0.15) is 5.67 Å². The topological polar surface area (TPSA) is 9.23 Å². The van der Waals surface area contributed by atoms with Crippen LogP contribution in [0.3, 0.4) is 0 Å². The van der Waals surface area contributed by atoms with E-state index in [9.17, 15) is 4.39 Å². The van der Waals surface area contributed by atoms with Crippen LogP contribution < -0.4 is 0 Å². The molecular formula is C10H19FO. The average Bonchev–Trinajstić information content (AvgIpc) is 2.78. The molecule has 0 radical (unpaired) electrons. The van der Waals surface area contributed by atoms with Gasteiger partial charge in [0.2, 0.25) is 0 Å². The van der Waals surface area contributed by atoms with E-state index in [1.54, 1.807) is 0 Å². The number of alkyl halides is 1. The van der Waals surface area contributed by atoms with E-state index in [4.69, 9.17) is 4.74 Å². The SMILES string of the molecule is CCCCOCC(C)C1(F)CC1. The van der Waals surface area contributed by atoms with Crippen LogP contribution >= 0.6 is 0 Å². The van der Waals surface area contributed by atoms with Crippen molar-refractivity contribution in [2.45, 2.75) is 45.2 Å². The standard InChI is InChI=1S/C10H19FO/c1-3-4-7-12-8-9(2)10(11)5-6-10/h9H,3-8H2,1-2H3. The molecular weight excluding hydrogens is 155 g/mol. The van der Waals surface area contributed by atoms with Gasteiger partial charge in [-0.25, -0.2) is 4.39 Å². The molecule has 1 saturated carbocycles. The summed E-state index contributed by atoms with van der Waals surface area (Å²) >= 11 is 0. The molecule has 0 aromatic carbocycles. The van der Waals surface area contributed by atoms with Gasteiger partial charge >= 0.3 is 0 Å². The van der Waals surface area contributed by atoms with Crippen molar-refractivity contribution in [1.29, 1.82) is 0 Å². The second-order valence-electron chi connectivity index (χ2n) is 3.86. The van der Waals surface area contributed by atoms with Crippen molar-refractivity contribution < 1.29 is 9.13 Å². The Hall–Kier alpha value is -0.110. The molecule has 72 valence electrons. The summed E-state index contributed by atoms with van der Waals surface area (Å²) in [6.07, 6.45) is 3.72. The van der Waals surface area contributed by atoms with E-state index in [-0.39, 0.29) is 5.92 Å². The number of hydrogen-bond donors (Lipinski definition) is 0. The van der Waals surface area contributed by atoms with E-state index in [1.807, 2.05) is 6.92 Å². The normalized spacial score (nSPS) is 22.2. The molecule has 1 aliphatic rings. The molecule has 1 aliphatic carbocycles. The first kappa shape index (κ1) is 9.97. The number of halogens is 1. The summed E-state index contributed by atoms with van der Waals surface area (Å²) in [5.41, 5.74) is -0.869. The van der Waals surface area contributed by atoms with Crippen molar-refractivity contribution >= 4 is 0 Å². The predicted molar refractivity (Wildman–Crippen MR) is 48.0 cm³/mol. The highest BCUT2D eigenvalue weighted by molar-refractivity contribution is 4.97. The Bertz CT molecular complexity index is 132.